The van der Waals surface area contributed by atoms with E-state index < -0.39 is 0 Å². The molecule has 150 valence electrons. The standard InChI is InChI=1S/C22H22ClN3O3/c1-2-29-22(28)26-12-10-25(11-13-26)20-19(15-6-4-3-5-7-15)17-14-16(23)8-9-18(17)24-21(20)27/h3-9,14,17H,2,10-13H2,1H3. The summed E-state index contributed by atoms with van der Waals surface area (Å²) in [4.78, 5) is 33.1. The summed E-state index contributed by atoms with van der Waals surface area (Å²) in [5.41, 5.74) is 3.17. The first-order valence-electron chi connectivity index (χ1n) is 9.73. The van der Waals surface area contributed by atoms with Crippen LogP contribution in [0.5, 0.6) is 0 Å². The number of aliphatic imine (C=N–C) groups is 1. The molecule has 1 aromatic carbocycles. The fourth-order valence-corrected chi connectivity index (χ4v) is 4.10. The summed E-state index contributed by atoms with van der Waals surface area (Å²) < 4.78 is 5.09. The van der Waals surface area contributed by atoms with E-state index in [0.29, 0.717) is 49.2 Å². The summed E-state index contributed by atoms with van der Waals surface area (Å²) in [5, 5.41) is 0.628. The van der Waals surface area contributed by atoms with Crippen molar-refractivity contribution in [2.24, 2.45) is 10.9 Å². The molecule has 4 rings (SSSR count). The van der Waals surface area contributed by atoms with Crippen molar-refractivity contribution >= 4 is 34.9 Å². The first kappa shape index (κ1) is 19.5. The lowest BCUT2D eigenvalue weighted by Crippen LogP contribution is -2.50. The number of hydrogen-bond acceptors (Lipinski definition) is 4. The van der Waals surface area contributed by atoms with Crippen LogP contribution in [0.1, 0.15) is 12.5 Å². The van der Waals surface area contributed by atoms with Crippen LogP contribution in [0.3, 0.4) is 0 Å². The van der Waals surface area contributed by atoms with E-state index in [2.05, 4.69) is 4.99 Å². The fraction of sp³-hybridized carbons (Fsp3) is 0.318. The largest absolute Gasteiger partial charge is 0.450 e. The zero-order chi connectivity index (χ0) is 20.4. The maximum absolute atomic E-state index is 13.1. The van der Waals surface area contributed by atoms with Gasteiger partial charge in [-0.3, -0.25) is 4.79 Å². The molecule has 0 spiro atoms. The Bertz CT molecular complexity index is 941. The number of hydrogen-bond donors (Lipinski definition) is 0. The minimum Gasteiger partial charge on any atom is -0.450 e. The van der Waals surface area contributed by atoms with Crippen LogP contribution in [0.25, 0.3) is 5.57 Å². The van der Waals surface area contributed by atoms with Crippen molar-refractivity contribution in [2.45, 2.75) is 6.92 Å². The third-order valence-corrected chi connectivity index (χ3v) is 5.52. The van der Waals surface area contributed by atoms with Gasteiger partial charge in [0.25, 0.3) is 5.91 Å². The summed E-state index contributed by atoms with van der Waals surface area (Å²) in [6.45, 7) is 4.21. The Morgan fingerprint density at radius 3 is 2.59 bits per heavy atom. The van der Waals surface area contributed by atoms with Crippen LogP contribution in [0.4, 0.5) is 4.79 Å². The predicted molar refractivity (Wildman–Crippen MR) is 113 cm³/mol. The molecule has 6 nitrogen and oxygen atoms in total. The molecule has 29 heavy (non-hydrogen) atoms. The number of amides is 2. The van der Waals surface area contributed by atoms with Crippen molar-refractivity contribution in [2.75, 3.05) is 32.8 Å². The van der Waals surface area contributed by atoms with Crippen LogP contribution >= 0.6 is 11.6 Å². The van der Waals surface area contributed by atoms with E-state index in [-0.39, 0.29) is 17.9 Å². The van der Waals surface area contributed by atoms with Gasteiger partial charge in [0.05, 0.1) is 12.3 Å². The highest BCUT2D eigenvalue weighted by molar-refractivity contribution is 6.33. The number of fused-ring (bicyclic) bond motifs is 1. The van der Waals surface area contributed by atoms with Gasteiger partial charge in [-0.25, -0.2) is 9.79 Å². The summed E-state index contributed by atoms with van der Waals surface area (Å²) in [7, 11) is 0. The van der Waals surface area contributed by atoms with Crippen molar-refractivity contribution in [1.82, 2.24) is 9.80 Å². The Morgan fingerprint density at radius 1 is 1.17 bits per heavy atom. The van der Waals surface area contributed by atoms with Crippen LogP contribution in [-0.2, 0) is 9.53 Å². The lowest BCUT2D eigenvalue weighted by Gasteiger charge is -2.39. The van der Waals surface area contributed by atoms with Gasteiger partial charge >= 0.3 is 6.09 Å². The number of ether oxygens (including phenoxy) is 1. The Balaban J connectivity index is 1.70. The zero-order valence-corrected chi connectivity index (χ0v) is 16.9. The number of dihydropyridines is 1. The number of carbonyl (C=O) groups excluding carboxylic acids is 2. The smallest absolute Gasteiger partial charge is 0.409 e. The normalized spacial score (nSPS) is 21.6. The maximum Gasteiger partial charge on any atom is 0.409 e. The van der Waals surface area contributed by atoms with Gasteiger partial charge in [0.2, 0.25) is 0 Å². The molecule has 1 fully saturated rings. The number of halogens is 1. The quantitative estimate of drug-likeness (QED) is 0.764. The van der Waals surface area contributed by atoms with Crippen LogP contribution in [0.2, 0.25) is 0 Å². The highest BCUT2D eigenvalue weighted by atomic mass is 35.5. The van der Waals surface area contributed by atoms with E-state index in [0.717, 1.165) is 11.1 Å². The van der Waals surface area contributed by atoms with Crippen LogP contribution in [-0.4, -0.2) is 60.3 Å². The molecule has 1 aliphatic carbocycles. The van der Waals surface area contributed by atoms with Gasteiger partial charge < -0.3 is 14.5 Å². The summed E-state index contributed by atoms with van der Waals surface area (Å²) >= 11 is 6.28. The van der Waals surface area contributed by atoms with E-state index in [1.807, 2.05) is 47.4 Å². The molecule has 7 heteroatoms. The minimum absolute atomic E-state index is 0.175. The predicted octanol–water partition coefficient (Wildman–Crippen LogP) is 3.46. The van der Waals surface area contributed by atoms with Gasteiger partial charge in [-0.1, -0.05) is 48.0 Å². The Labute approximate surface area is 174 Å². The number of allylic oxidation sites excluding steroid dienone is 5. The summed E-state index contributed by atoms with van der Waals surface area (Å²) in [6, 6.07) is 9.86. The fourth-order valence-electron chi connectivity index (χ4n) is 3.91. The molecule has 1 aromatic rings. The van der Waals surface area contributed by atoms with Gasteiger partial charge in [0, 0.05) is 42.7 Å². The van der Waals surface area contributed by atoms with Crippen molar-refractivity contribution in [3.63, 3.8) is 0 Å². The lowest BCUT2D eigenvalue weighted by atomic mass is 9.82. The van der Waals surface area contributed by atoms with Gasteiger partial charge in [0.1, 0.15) is 5.70 Å². The molecular formula is C22H22ClN3O3. The summed E-state index contributed by atoms with van der Waals surface area (Å²) in [5.74, 6) is -0.429. The highest BCUT2D eigenvalue weighted by Crippen LogP contribution is 2.38. The summed E-state index contributed by atoms with van der Waals surface area (Å²) in [6.07, 6.45) is 5.19. The molecule has 0 bridgehead atoms. The van der Waals surface area contributed by atoms with Crippen LogP contribution in [0.15, 0.2) is 64.3 Å². The molecule has 1 unspecified atom stereocenters. The van der Waals surface area contributed by atoms with Crippen LogP contribution in [0, 0.1) is 5.92 Å². The second-order valence-corrected chi connectivity index (χ2v) is 7.44. The highest BCUT2D eigenvalue weighted by Gasteiger charge is 2.36. The molecule has 0 radical (unpaired) electrons. The molecule has 1 atom stereocenters. The Hall–Kier alpha value is -2.86. The number of benzene rings is 1. The minimum atomic E-state index is -0.313. The van der Waals surface area contributed by atoms with Crippen LogP contribution < -0.4 is 0 Å². The molecule has 2 heterocycles. The second-order valence-electron chi connectivity index (χ2n) is 7.01. The molecule has 0 aromatic heterocycles. The van der Waals surface area contributed by atoms with Crippen molar-refractivity contribution < 1.29 is 14.3 Å². The molecule has 2 aliphatic heterocycles. The third-order valence-electron chi connectivity index (χ3n) is 5.26. The number of carbonyl (C=O) groups is 2. The third kappa shape index (κ3) is 3.85. The van der Waals surface area contributed by atoms with E-state index >= 15 is 0 Å². The Kier molecular flexibility index (Phi) is 5.53. The molecule has 1 saturated heterocycles. The van der Waals surface area contributed by atoms with Gasteiger partial charge in [-0.2, -0.15) is 0 Å². The first-order chi connectivity index (χ1) is 14.1. The first-order valence-corrected chi connectivity index (χ1v) is 10.1. The van der Waals surface area contributed by atoms with Gasteiger partial charge in [-0.15, -0.1) is 0 Å². The van der Waals surface area contributed by atoms with Crippen molar-refractivity contribution in [3.8, 4) is 0 Å². The SMILES string of the molecule is CCOC(=O)N1CCN(C2=C(c3ccccc3)C3C=C(Cl)C=CC3=NC2=O)CC1. The molecule has 3 aliphatic rings. The van der Waals surface area contributed by atoms with E-state index in [1.165, 1.54) is 0 Å². The molecule has 0 N–H and O–H groups in total. The van der Waals surface area contributed by atoms with Gasteiger partial charge in [0.15, 0.2) is 0 Å². The average molecular weight is 412 g/mol. The zero-order valence-electron chi connectivity index (χ0n) is 16.2. The van der Waals surface area contributed by atoms with Crippen molar-refractivity contribution in [1.29, 1.82) is 0 Å². The topological polar surface area (TPSA) is 62.2 Å². The van der Waals surface area contributed by atoms with E-state index in [9.17, 15) is 9.59 Å². The maximum atomic E-state index is 13.1. The number of piperazine rings is 1. The number of rotatable bonds is 3. The molecule has 0 saturated carbocycles. The lowest BCUT2D eigenvalue weighted by molar-refractivity contribution is -0.116. The van der Waals surface area contributed by atoms with E-state index in [1.54, 1.807) is 17.9 Å². The van der Waals surface area contributed by atoms with E-state index in [4.69, 9.17) is 16.3 Å². The second kappa shape index (κ2) is 8.25. The Morgan fingerprint density at radius 2 is 1.90 bits per heavy atom. The molecular weight excluding hydrogens is 390 g/mol. The monoisotopic (exact) mass is 411 g/mol. The average Bonchev–Trinajstić information content (AvgIpc) is 2.74. The number of nitrogens with zero attached hydrogens (tertiary/aromatic N) is 3. The van der Waals surface area contributed by atoms with Crippen molar-refractivity contribution in [3.05, 3.63) is 64.9 Å². The van der Waals surface area contributed by atoms with Gasteiger partial charge in [-0.05, 0) is 24.6 Å². The molecule has 2 amide bonds.